The number of hydrogen-bond acceptors (Lipinski definition) is 4. The molecule has 0 aliphatic carbocycles. The summed E-state index contributed by atoms with van der Waals surface area (Å²) in [4.78, 5) is 32.8. The molecule has 0 saturated heterocycles. The quantitative estimate of drug-likeness (QED) is 0.364. The molecular formula is C9H5ClN2O4. The van der Waals surface area contributed by atoms with Crippen molar-refractivity contribution in [1.82, 2.24) is 5.32 Å². The molecule has 16 heavy (non-hydrogen) atoms. The number of imide groups is 1. The van der Waals surface area contributed by atoms with Crippen LogP contribution in [0.5, 0.6) is 0 Å². The van der Waals surface area contributed by atoms with E-state index in [-0.39, 0.29) is 28.3 Å². The van der Waals surface area contributed by atoms with Crippen molar-refractivity contribution >= 4 is 29.1 Å². The summed E-state index contributed by atoms with van der Waals surface area (Å²) in [5, 5.41) is 12.8. The van der Waals surface area contributed by atoms with Crippen LogP contribution in [0, 0.1) is 10.1 Å². The number of carbonyl (C=O) groups is 2. The van der Waals surface area contributed by atoms with Gasteiger partial charge in [-0.2, -0.15) is 0 Å². The van der Waals surface area contributed by atoms with Crippen LogP contribution >= 0.6 is 11.6 Å². The van der Waals surface area contributed by atoms with Gasteiger partial charge in [-0.1, -0.05) is 0 Å². The number of nitrogens with one attached hydrogen (secondary N) is 1. The van der Waals surface area contributed by atoms with Crippen LogP contribution in [0.4, 0.5) is 5.69 Å². The Balaban J connectivity index is 2.75. The van der Waals surface area contributed by atoms with E-state index in [0.29, 0.717) is 0 Å². The third-order valence-electron chi connectivity index (χ3n) is 2.32. The maximum absolute atomic E-state index is 11.4. The number of nitro groups is 1. The van der Waals surface area contributed by atoms with Crippen LogP contribution in [0.15, 0.2) is 12.1 Å². The number of benzene rings is 1. The number of halogens is 1. The Labute approximate surface area is 94.3 Å². The molecule has 0 aromatic heterocycles. The van der Waals surface area contributed by atoms with Crippen LogP contribution in [0.3, 0.4) is 0 Å². The maximum atomic E-state index is 11.4. The fourth-order valence-corrected chi connectivity index (χ4v) is 1.90. The Morgan fingerprint density at radius 2 is 2.00 bits per heavy atom. The average Bonchev–Trinajstić information content (AvgIpc) is 2.53. The third kappa shape index (κ3) is 1.35. The Hall–Kier alpha value is -1.95. The molecule has 2 rings (SSSR count). The van der Waals surface area contributed by atoms with Gasteiger partial charge in [-0.05, 0) is 6.07 Å². The largest absolute Gasteiger partial charge is 0.288 e. The van der Waals surface area contributed by atoms with Crippen molar-refractivity contribution in [3.63, 3.8) is 0 Å². The van der Waals surface area contributed by atoms with Crippen molar-refractivity contribution in [2.75, 3.05) is 0 Å². The van der Waals surface area contributed by atoms with Crippen LogP contribution in [0.1, 0.15) is 26.3 Å². The summed E-state index contributed by atoms with van der Waals surface area (Å²) in [5.74, 6) is -1.39. The number of alkyl halides is 1. The molecule has 1 heterocycles. The number of rotatable bonds is 2. The number of amides is 2. The second kappa shape index (κ2) is 3.57. The fourth-order valence-electron chi connectivity index (χ4n) is 1.62. The lowest BCUT2D eigenvalue weighted by atomic mass is 10.0. The van der Waals surface area contributed by atoms with Crippen molar-refractivity contribution < 1.29 is 14.5 Å². The van der Waals surface area contributed by atoms with Gasteiger partial charge in [0.1, 0.15) is 0 Å². The molecule has 6 nitrogen and oxygen atoms in total. The van der Waals surface area contributed by atoms with Crippen LogP contribution < -0.4 is 5.32 Å². The lowest BCUT2D eigenvalue weighted by molar-refractivity contribution is -0.385. The van der Waals surface area contributed by atoms with Crippen molar-refractivity contribution in [3.8, 4) is 0 Å². The van der Waals surface area contributed by atoms with E-state index < -0.39 is 16.7 Å². The van der Waals surface area contributed by atoms with E-state index in [1.165, 1.54) is 12.1 Å². The Morgan fingerprint density at radius 1 is 1.31 bits per heavy atom. The van der Waals surface area contributed by atoms with Gasteiger partial charge in [0, 0.05) is 6.07 Å². The third-order valence-corrected chi connectivity index (χ3v) is 2.58. The molecular weight excluding hydrogens is 236 g/mol. The minimum absolute atomic E-state index is 0.00852. The van der Waals surface area contributed by atoms with Gasteiger partial charge in [0.15, 0.2) is 0 Å². The Bertz CT molecular complexity index is 526. The van der Waals surface area contributed by atoms with E-state index in [0.717, 1.165) is 0 Å². The zero-order valence-corrected chi connectivity index (χ0v) is 8.58. The first-order chi connectivity index (χ1) is 7.56. The van der Waals surface area contributed by atoms with Gasteiger partial charge in [-0.15, -0.1) is 11.6 Å². The summed E-state index contributed by atoms with van der Waals surface area (Å²) in [7, 11) is 0. The first-order valence-electron chi connectivity index (χ1n) is 4.28. The predicted octanol–water partition coefficient (Wildman–Crippen LogP) is 1.22. The predicted molar refractivity (Wildman–Crippen MR) is 54.5 cm³/mol. The molecule has 1 aliphatic heterocycles. The normalized spacial score (nSPS) is 13.6. The molecule has 1 aromatic rings. The van der Waals surface area contributed by atoms with E-state index in [1.807, 2.05) is 0 Å². The van der Waals surface area contributed by atoms with Gasteiger partial charge in [-0.3, -0.25) is 25.0 Å². The number of nitro benzene ring substituents is 1. The highest BCUT2D eigenvalue weighted by Gasteiger charge is 2.33. The first-order valence-corrected chi connectivity index (χ1v) is 4.81. The van der Waals surface area contributed by atoms with Crippen molar-refractivity contribution in [2.45, 2.75) is 5.88 Å². The van der Waals surface area contributed by atoms with E-state index in [4.69, 9.17) is 11.6 Å². The summed E-state index contributed by atoms with van der Waals surface area (Å²) >= 11 is 5.58. The molecule has 7 heteroatoms. The van der Waals surface area contributed by atoms with E-state index in [1.54, 1.807) is 0 Å². The lowest BCUT2D eigenvalue weighted by Gasteiger charge is -2.02. The first kappa shape index (κ1) is 10.6. The van der Waals surface area contributed by atoms with Gasteiger partial charge in [-0.25, -0.2) is 0 Å². The summed E-state index contributed by atoms with van der Waals surface area (Å²) in [6.45, 7) is 0. The second-order valence-corrected chi connectivity index (χ2v) is 3.43. The van der Waals surface area contributed by atoms with Crippen molar-refractivity contribution in [2.24, 2.45) is 0 Å². The molecule has 0 saturated carbocycles. The molecule has 0 spiro atoms. The second-order valence-electron chi connectivity index (χ2n) is 3.16. The molecule has 0 fully saturated rings. The standard InChI is InChI=1S/C9H5ClN2O4/c10-3-5-6(12(15)16)2-1-4-7(5)9(14)11-8(4)13/h1-2H,3H2,(H,11,13,14). The molecule has 1 aliphatic rings. The van der Waals surface area contributed by atoms with E-state index in [2.05, 4.69) is 5.32 Å². The number of nitrogens with zero attached hydrogens (tertiary/aromatic N) is 1. The van der Waals surface area contributed by atoms with Crippen molar-refractivity contribution in [3.05, 3.63) is 38.9 Å². The molecule has 0 unspecified atom stereocenters. The van der Waals surface area contributed by atoms with Gasteiger partial charge in [0.2, 0.25) is 0 Å². The summed E-state index contributed by atoms with van der Waals surface area (Å²) in [6.07, 6.45) is 0. The summed E-state index contributed by atoms with van der Waals surface area (Å²) in [6, 6.07) is 2.43. The molecule has 1 aromatic carbocycles. The number of hydrogen-bond donors (Lipinski definition) is 1. The highest BCUT2D eigenvalue weighted by atomic mass is 35.5. The molecule has 0 bridgehead atoms. The zero-order valence-electron chi connectivity index (χ0n) is 7.82. The van der Waals surface area contributed by atoms with Gasteiger partial charge < -0.3 is 0 Å². The minimum atomic E-state index is -0.639. The Morgan fingerprint density at radius 3 is 2.56 bits per heavy atom. The zero-order chi connectivity index (χ0) is 11.9. The molecule has 0 radical (unpaired) electrons. The van der Waals surface area contributed by atoms with E-state index in [9.17, 15) is 19.7 Å². The van der Waals surface area contributed by atoms with Crippen LogP contribution in [0.2, 0.25) is 0 Å². The number of fused-ring (bicyclic) bond motifs is 1. The van der Waals surface area contributed by atoms with Crippen LogP contribution in [-0.4, -0.2) is 16.7 Å². The monoisotopic (exact) mass is 240 g/mol. The average molecular weight is 241 g/mol. The highest BCUT2D eigenvalue weighted by molar-refractivity contribution is 6.24. The topological polar surface area (TPSA) is 89.3 Å². The Kier molecular flexibility index (Phi) is 2.35. The van der Waals surface area contributed by atoms with Crippen LogP contribution in [-0.2, 0) is 5.88 Å². The van der Waals surface area contributed by atoms with Gasteiger partial charge >= 0.3 is 0 Å². The van der Waals surface area contributed by atoms with Crippen molar-refractivity contribution in [1.29, 1.82) is 0 Å². The van der Waals surface area contributed by atoms with Crippen LogP contribution in [0.25, 0.3) is 0 Å². The smallest absolute Gasteiger partial charge is 0.274 e. The number of carbonyl (C=O) groups excluding carboxylic acids is 2. The lowest BCUT2D eigenvalue weighted by Crippen LogP contribution is -2.20. The summed E-state index contributed by atoms with van der Waals surface area (Å²) < 4.78 is 0. The van der Waals surface area contributed by atoms with E-state index >= 15 is 0 Å². The highest BCUT2D eigenvalue weighted by Crippen LogP contribution is 2.29. The molecule has 82 valence electrons. The maximum Gasteiger partial charge on any atom is 0.274 e. The minimum Gasteiger partial charge on any atom is -0.288 e. The van der Waals surface area contributed by atoms with Gasteiger partial charge in [0.25, 0.3) is 17.5 Å². The summed E-state index contributed by atoms with van der Waals surface area (Å²) in [5.41, 5.74) is -0.0356. The molecule has 0 atom stereocenters. The molecule has 1 N–H and O–H groups in total. The molecule has 2 amide bonds. The SMILES string of the molecule is O=C1NC(=O)c2c1ccc([N+](=O)[O-])c2CCl. The van der Waals surface area contributed by atoms with Gasteiger partial charge in [0.05, 0.1) is 27.5 Å². The fraction of sp³-hybridized carbons (Fsp3) is 0.111.